The molecule has 1 aliphatic carbocycles. The Morgan fingerprint density at radius 1 is 1.41 bits per heavy atom. The van der Waals surface area contributed by atoms with Gasteiger partial charge in [-0.3, -0.25) is 4.79 Å². The summed E-state index contributed by atoms with van der Waals surface area (Å²) in [7, 11) is 0. The zero-order valence-corrected chi connectivity index (χ0v) is 12.6. The maximum atomic E-state index is 13.1. The van der Waals surface area contributed by atoms with Gasteiger partial charge in [-0.2, -0.15) is 5.10 Å². The molecule has 0 aliphatic heterocycles. The van der Waals surface area contributed by atoms with Crippen LogP contribution in [0.2, 0.25) is 0 Å². The maximum Gasteiger partial charge on any atom is 0.306 e. The van der Waals surface area contributed by atoms with E-state index >= 15 is 0 Å². The molecule has 1 atom stereocenters. The summed E-state index contributed by atoms with van der Waals surface area (Å²) in [6, 6.07) is 6.31. The highest BCUT2D eigenvalue weighted by Gasteiger charge is 2.27. The predicted octanol–water partition coefficient (Wildman–Crippen LogP) is 3.38. The van der Waals surface area contributed by atoms with Gasteiger partial charge >= 0.3 is 5.97 Å². The smallest absolute Gasteiger partial charge is 0.306 e. The van der Waals surface area contributed by atoms with Crippen LogP contribution in [0.1, 0.15) is 43.4 Å². The third kappa shape index (κ3) is 2.89. The lowest BCUT2D eigenvalue weighted by Crippen LogP contribution is -2.16. The Labute approximate surface area is 128 Å². The monoisotopic (exact) mass is 302 g/mol. The molecule has 0 amide bonds. The Hall–Kier alpha value is -2.17. The lowest BCUT2D eigenvalue weighted by Gasteiger charge is -2.22. The van der Waals surface area contributed by atoms with Gasteiger partial charge in [0.1, 0.15) is 5.82 Å². The largest absolute Gasteiger partial charge is 0.466 e. The van der Waals surface area contributed by atoms with Crippen LogP contribution in [-0.2, 0) is 16.0 Å². The molecule has 116 valence electrons. The van der Waals surface area contributed by atoms with E-state index in [2.05, 4.69) is 5.10 Å². The second-order valence-corrected chi connectivity index (χ2v) is 5.53. The second-order valence-electron chi connectivity index (χ2n) is 5.53. The predicted molar refractivity (Wildman–Crippen MR) is 80.5 cm³/mol. The quantitative estimate of drug-likeness (QED) is 0.813. The molecule has 22 heavy (non-hydrogen) atoms. The normalized spacial score (nSPS) is 17.1. The van der Waals surface area contributed by atoms with E-state index in [1.54, 1.807) is 12.1 Å². The van der Waals surface area contributed by atoms with Crippen LogP contribution >= 0.6 is 0 Å². The molecule has 1 aliphatic rings. The minimum Gasteiger partial charge on any atom is -0.466 e. The number of esters is 1. The fourth-order valence-electron chi connectivity index (χ4n) is 3.09. The third-order valence-corrected chi connectivity index (χ3v) is 4.10. The number of carbonyl (C=O) groups is 1. The molecule has 5 heteroatoms. The number of aromatic nitrogens is 2. The first kappa shape index (κ1) is 14.8. The molecular formula is C17H19FN2O2. The van der Waals surface area contributed by atoms with E-state index in [4.69, 9.17) is 4.74 Å². The van der Waals surface area contributed by atoms with Gasteiger partial charge < -0.3 is 4.74 Å². The number of ether oxygens (including phenoxy) is 1. The van der Waals surface area contributed by atoms with Crippen molar-refractivity contribution in [2.45, 2.75) is 38.5 Å². The number of fused-ring (bicyclic) bond motifs is 1. The molecule has 3 rings (SSSR count). The van der Waals surface area contributed by atoms with Crippen molar-refractivity contribution in [1.29, 1.82) is 0 Å². The molecule has 1 aromatic heterocycles. The van der Waals surface area contributed by atoms with Crippen molar-refractivity contribution in [3.05, 3.63) is 47.5 Å². The average Bonchev–Trinajstić information content (AvgIpc) is 2.93. The molecule has 2 aromatic rings. The molecule has 0 fully saturated rings. The van der Waals surface area contributed by atoms with E-state index in [9.17, 15) is 9.18 Å². The SMILES string of the molecule is CCOC(=O)CC1CCCc2c1cnn2-c1ccc(F)cc1. The van der Waals surface area contributed by atoms with Gasteiger partial charge in [0.25, 0.3) is 0 Å². The molecule has 1 unspecified atom stereocenters. The Bertz CT molecular complexity index is 664. The fourth-order valence-corrected chi connectivity index (χ4v) is 3.09. The highest BCUT2D eigenvalue weighted by Crippen LogP contribution is 2.35. The minimum absolute atomic E-state index is 0.158. The van der Waals surface area contributed by atoms with Gasteiger partial charge in [0.15, 0.2) is 0 Å². The second kappa shape index (κ2) is 6.30. The van der Waals surface area contributed by atoms with E-state index in [1.165, 1.54) is 12.1 Å². The van der Waals surface area contributed by atoms with Crippen LogP contribution in [0.5, 0.6) is 0 Å². The van der Waals surface area contributed by atoms with Gasteiger partial charge in [-0.25, -0.2) is 9.07 Å². The van der Waals surface area contributed by atoms with E-state index in [-0.39, 0.29) is 17.7 Å². The van der Waals surface area contributed by atoms with Crippen LogP contribution in [0.3, 0.4) is 0 Å². The Morgan fingerprint density at radius 2 is 2.18 bits per heavy atom. The number of rotatable bonds is 4. The van der Waals surface area contributed by atoms with Gasteiger partial charge in [-0.1, -0.05) is 0 Å². The number of halogens is 1. The van der Waals surface area contributed by atoms with Gasteiger partial charge in [-0.15, -0.1) is 0 Å². The van der Waals surface area contributed by atoms with Crippen LogP contribution < -0.4 is 0 Å². The average molecular weight is 302 g/mol. The van der Waals surface area contributed by atoms with Gasteiger partial charge in [-0.05, 0) is 61.9 Å². The lowest BCUT2D eigenvalue weighted by atomic mass is 9.85. The van der Waals surface area contributed by atoms with Crippen LogP contribution in [0.4, 0.5) is 4.39 Å². The number of hydrogen-bond acceptors (Lipinski definition) is 3. The van der Waals surface area contributed by atoms with Crippen molar-refractivity contribution >= 4 is 5.97 Å². The Balaban J connectivity index is 1.87. The number of carbonyl (C=O) groups excluding carboxylic acids is 1. The molecular weight excluding hydrogens is 283 g/mol. The first-order chi connectivity index (χ1) is 10.7. The summed E-state index contributed by atoms with van der Waals surface area (Å²) in [5, 5.41) is 4.44. The standard InChI is InChI=1S/C17H19FN2O2/c1-2-22-17(21)10-12-4-3-5-16-15(12)11-19-20(16)14-8-6-13(18)7-9-14/h6-9,11-12H,2-5,10H2,1H3. The van der Waals surface area contributed by atoms with Crippen molar-refractivity contribution in [3.8, 4) is 5.69 Å². The van der Waals surface area contributed by atoms with Crippen molar-refractivity contribution in [3.63, 3.8) is 0 Å². The highest BCUT2D eigenvalue weighted by atomic mass is 19.1. The summed E-state index contributed by atoms with van der Waals surface area (Å²) in [4.78, 5) is 11.7. The fraction of sp³-hybridized carbons (Fsp3) is 0.412. The Kier molecular flexibility index (Phi) is 4.22. The van der Waals surface area contributed by atoms with Crippen molar-refractivity contribution in [2.75, 3.05) is 6.61 Å². The molecule has 0 N–H and O–H groups in total. The molecule has 0 spiro atoms. The molecule has 0 bridgehead atoms. The van der Waals surface area contributed by atoms with Gasteiger partial charge in [0.05, 0.1) is 24.9 Å². The number of nitrogens with zero attached hydrogens (tertiary/aromatic N) is 2. The Morgan fingerprint density at radius 3 is 2.91 bits per heavy atom. The molecule has 4 nitrogen and oxygen atoms in total. The summed E-state index contributed by atoms with van der Waals surface area (Å²) in [5.74, 6) is -0.253. The van der Waals surface area contributed by atoms with Crippen LogP contribution in [0.15, 0.2) is 30.5 Å². The molecule has 0 saturated carbocycles. The molecule has 1 aromatic carbocycles. The summed E-state index contributed by atoms with van der Waals surface area (Å²) in [6.07, 6.45) is 5.15. The first-order valence-electron chi connectivity index (χ1n) is 7.67. The number of hydrogen-bond donors (Lipinski definition) is 0. The van der Waals surface area contributed by atoms with Gasteiger partial charge in [0.2, 0.25) is 0 Å². The molecule has 0 radical (unpaired) electrons. The summed E-state index contributed by atoms with van der Waals surface area (Å²) >= 11 is 0. The van der Waals surface area contributed by atoms with E-state index in [1.807, 2.05) is 17.8 Å². The van der Waals surface area contributed by atoms with Crippen molar-refractivity contribution in [2.24, 2.45) is 0 Å². The van der Waals surface area contributed by atoms with Crippen LogP contribution in [0, 0.1) is 5.82 Å². The summed E-state index contributed by atoms with van der Waals surface area (Å²) < 4.78 is 20.0. The zero-order chi connectivity index (χ0) is 15.5. The van der Waals surface area contributed by atoms with Crippen molar-refractivity contribution in [1.82, 2.24) is 9.78 Å². The highest BCUT2D eigenvalue weighted by molar-refractivity contribution is 5.70. The third-order valence-electron chi connectivity index (χ3n) is 4.10. The minimum atomic E-state index is -0.259. The van der Waals surface area contributed by atoms with E-state index in [0.717, 1.165) is 36.2 Å². The zero-order valence-electron chi connectivity index (χ0n) is 12.6. The number of benzene rings is 1. The van der Waals surface area contributed by atoms with Crippen molar-refractivity contribution < 1.29 is 13.9 Å². The summed E-state index contributed by atoms with van der Waals surface area (Å²) in [6.45, 7) is 2.23. The molecule has 0 saturated heterocycles. The lowest BCUT2D eigenvalue weighted by molar-refractivity contribution is -0.143. The van der Waals surface area contributed by atoms with Crippen LogP contribution in [-0.4, -0.2) is 22.4 Å². The topological polar surface area (TPSA) is 44.1 Å². The maximum absolute atomic E-state index is 13.1. The van der Waals surface area contributed by atoms with Crippen LogP contribution in [0.25, 0.3) is 5.69 Å². The van der Waals surface area contributed by atoms with E-state index in [0.29, 0.717) is 13.0 Å². The molecule has 1 heterocycles. The first-order valence-corrected chi connectivity index (χ1v) is 7.67. The van der Waals surface area contributed by atoms with E-state index < -0.39 is 0 Å². The van der Waals surface area contributed by atoms with Gasteiger partial charge in [0, 0.05) is 5.69 Å². The summed E-state index contributed by atoms with van der Waals surface area (Å²) in [5.41, 5.74) is 3.08.